The fourth-order valence-electron chi connectivity index (χ4n) is 3.52. The number of likely N-dealkylation sites (N-methyl/N-ethyl adjacent to an activating group) is 1. The van der Waals surface area contributed by atoms with Gasteiger partial charge in [0.2, 0.25) is 0 Å². The number of aliphatic hydroxyl groups excluding tert-OH is 1. The second kappa shape index (κ2) is 6.45. The maximum absolute atomic E-state index is 10.1. The predicted octanol–water partition coefficient (Wildman–Crippen LogP) is 1.50. The van der Waals surface area contributed by atoms with Crippen LogP contribution in [0.15, 0.2) is 24.5 Å². The molecule has 2 aliphatic rings. The van der Waals surface area contributed by atoms with Crippen molar-refractivity contribution in [2.45, 2.75) is 43.9 Å². The zero-order chi connectivity index (χ0) is 16.4. The van der Waals surface area contributed by atoms with E-state index in [-0.39, 0.29) is 17.7 Å². The van der Waals surface area contributed by atoms with E-state index in [9.17, 15) is 5.11 Å². The summed E-state index contributed by atoms with van der Waals surface area (Å²) in [6.45, 7) is 3.75. The first-order valence-corrected chi connectivity index (χ1v) is 8.30. The highest BCUT2D eigenvalue weighted by Crippen LogP contribution is 2.29. The third-order valence-electron chi connectivity index (χ3n) is 4.65. The van der Waals surface area contributed by atoms with Crippen LogP contribution in [0.4, 0.5) is 11.6 Å². The standard InChI is InChI=1S/C17H27N5O/c1-17(6-4-5-7-17)20-15-9-16(19-12-18-15)22-11-14(23)8-13(22)10-21(2)3/h4-5,9,12-14,23H,6-8,10-11H2,1-3H3,(H,18,19,20)/t13-,14-/m1/s1. The maximum Gasteiger partial charge on any atom is 0.134 e. The van der Waals surface area contributed by atoms with E-state index in [2.05, 4.69) is 58.3 Å². The second-order valence-corrected chi connectivity index (χ2v) is 7.28. The summed E-state index contributed by atoms with van der Waals surface area (Å²) >= 11 is 0. The average molecular weight is 317 g/mol. The van der Waals surface area contributed by atoms with Crippen LogP contribution < -0.4 is 10.2 Å². The van der Waals surface area contributed by atoms with Crippen LogP contribution in [-0.2, 0) is 0 Å². The predicted molar refractivity (Wildman–Crippen MR) is 92.7 cm³/mol. The smallest absolute Gasteiger partial charge is 0.134 e. The highest BCUT2D eigenvalue weighted by Gasteiger charge is 2.32. The lowest BCUT2D eigenvalue weighted by atomic mass is 10.00. The van der Waals surface area contributed by atoms with E-state index in [1.165, 1.54) is 0 Å². The van der Waals surface area contributed by atoms with Crippen molar-refractivity contribution in [3.63, 3.8) is 0 Å². The molecule has 1 aromatic rings. The first kappa shape index (κ1) is 16.2. The van der Waals surface area contributed by atoms with E-state index in [4.69, 9.17) is 0 Å². The highest BCUT2D eigenvalue weighted by molar-refractivity contribution is 5.51. The zero-order valence-corrected chi connectivity index (χ0v) is 14.2. The van der Waals surface area contributed by atoms with Crippen LogP contribution in [0.2, 0.25) is 0 Å². The molecule has 3 rings (SSSR count). The van der Waals surface area contributed by atoms with Gasteiger partial charge in [-0.05, 0) is 40.3 Å². The number of hydrogen-bond acceptors (Lipinski definition) is 6. The van der Waals surface area contributed by atoms with Crippen LogP contribution in [0.5, 0.6) is 0 Å². The minimum absolute atomic E-state index is 0.0409. The Kier molecular flexibility index (Phi) is 4.55. The second-order valence-electron chi connectivity index (χ2n) is 7.28. The van der Waals surface area contributed by atoms with E-state index in [0.717, 1.165) is 37.4 Å². The number of rotatable bonds is 5. The number of aromatic nitrogens is 2. The summed E-state index contributed by atoms with van der Waals surface area (Å²) in [4.78, 5) is 13.2. The minimum atomic E-state index is -0.289. The molecule has 6 nitrogen and oxygen atoms in total. The zero-order valence-electron chi connectivity index (χ0n) is 14.2. The number of anilines is 2. The van der Waals surface area contributed by atoms with E-state index >= 15 is 0 Å². The van der Waals surface area contributed by atoms with Gasteiger partial charge >= 0.3 is 0 Å². The molecule has 0 bridgehead atoms. The Balaban J connectivity index is 1.75. The van der Waals surface area contributed by atoms with Crippen LogP contribution >= 0.6 is 0 Å². The molecule has 0 saturated carbocycles. The van der Waals surface area contributed by atoms with Gasteiger partial charge in [0, 0.05) is 30.7 Å². The molecule has 1 fully saturated rings. The molecule has 126 valence electrons. The van der Waals surface area contributed by atoms with E-state index in [1.807, 2.05) is 6.07 Å². The first-order chi connectivity index (χ1) is 11.0. The molecule has 0 radical (unpaired) electrons. The molecule has 1 aliphatic heterocycles. The fourth-order valence-corrected chi connectivity index (χ4v) is 3.52. The van der Waals surface area contributed by atoms with Crippen molar-refractivity contribution in [2.24, 2.45) is 0 Å². The summed E-state index contributed by atoms with van der Waals surface area (Å²) in [5.74, 6) is 1.74. The Morgan fingerprint density at radius 1 is 1.35 bits per heavy atom. The number of aliphatic hydroxyl groups is 1. The Labute approximate surface area is 138 Å². The van der Waals surface area contributed by atoms with Gasteiger partial charge in [-0.25, -0.2) is 9.97 Å². The molecule has 1 saturated heterocycles. The molecule has 1 aromatic heterocycles. The number of hydrogen-bond donors (Lipinski definition) is 2. The third kappa shape index (κ3) is 3.82. The van der Waals surface area contributed by atoms with Crippen molar-refractivity contribution in [2.75, 3.05) is 37.4 Å². The molecular weight excluding hydrogens is 290 g/mol. The number of nitrogens with one attached hydrogen (secondary N) is 1. The Hall–Kier alpha value is -1.66. The summed E-state index contributed by atoms with van der Waals surface area (Å²) in [6, 6.07) is 2.29. The van der Waals surface area contributed by atoms with Crippen molar-refractivity contribution >= 4 is 11.6 Å². The van der Waals surface area contributed by atoms with Crippen molar-refractivity contribution in [3.05, 3.63) is 24.5 Å². The largest absolute Gasteiger partial charge is 0.391 e. The normalized spacial score (nSPS) is 26.2. The molecular formula is C17H27N5O. The SMILES string of the molecule is CN(C)C[C@H]1C[C@@H](O)CN1c1cc(NC2(C)CC=CC2)ncn1. The van der Waals surface area contributed by atoms with E-state index in [0.29, 0.717) is 6.54 Å². The van der Waals surface area contributed by atoms with Crippen molar-refractivity contribution in [1.29, 1.82) is 0 Å². The minimum Gasteiger partial charge on any atom is -0.391 e. The van der Waals surface area contributed by atoms with Gasteiger partial charge < -0.3 is 20.2 Å². The van der Waals surface area contributed by atoms with Gasteiger partial charge in [0.15, 0.2) is 0 Å². The topological polar surface area (TPSA) is 64.5 Å². The Morgan fingerprint density at radius 3 is 2.78 bits per heavy atom. The van der Waals surface area contributed by atoms with Crippen molar-refractivity contribution in [3.8, 4) is 0 Å². The van der Waals surface area contributed by atoms with Crippen LogP contribution in [0.3, 0.4) is 0 Å². The van der Waals surface area contributed by atoms with Crippen molar-refractivity contribution < 1.29 is 5.11 Å². The first-order valence-electron chi connectivity index (χ1n) is 8.30. The lowest BCUT2D eigenvalue weighted by molar-refractivity contribution is 0.191. The quantitative estimate of drug-likeness (QED) is 0.803. The summed E-state index contributed by atoms with van der Waals surface area (Å²) in [5, 5.41) is 13.6. The van der Waals surface area contributed by atoms with Gasteiger partial charge in [0.1, 0.15) is 18.0 Å². The van der Waals surface area contributed by atoms with Gasteiger partial charge in [-0.15, -0.1) is 0 Å². The molecule has 0 amide bonds. The van der Waals surface area contributed by atoms with Crippen molar-refractivity contribution in [1.82, 2.24) is 14.9 Å². The Morgan fingerprint density at radius 2 is 2.09 bits per heavy atom. The van der Waals surface area contributed by atoms with Crippen LogP contribution in [-0.4, -0.2) is 64.8 Å². The molecule has 2 N–H and O–H groups in total. The molecule has 23 heavy (non-hydrogen) atoms. The van der Waals surface area contributed by atoms with Crippen LogP contribution in [0, 0.1) is 0 Å². The molecule has 2 heterocycles. The molecule has 6 heteroatoms. The molecule has 1 aliphatic carbocycles. The molecule has 2 atom stereocenters. The maximum atomic E-state index is 10.1. The monoisotopic (exact) mass is 317 g/mol. The van der Waals surface area contributed by atoms with E-state index < -0.39 is 0 Å². The van der Waals surface area contributed by atoms with Gasteiger partial charge in [0.25, 0.3) is 0 Å². The molecule has 0 spiro atoms. The highest BCUT2D eigenvalue weighted by atomic mass is 16.3. The lowest BCUT2D eigenvalue weighted by Crippen LogP contribution is -2.38. The van der Waals surface area contributed by atoms with Gasteiger partial charge in [-0.3, -0.25) is 0 Å². The van der Waals surface area contributed by atoms with Crippen LogP contribution in [0.1, 0.15) is 26.2 Å². The fraction of sp³-hybridized carbons (Fsp3) is 0.647. The average Bonchev–Trinajstić information content (AvgIpc) is 3.05. The third-order valence-corrected chi connectivity index (χ3v) is 4.65. The summed E-state index contributed by atoms with van der Waals surface area (Å²) in [7, 11) is 4.12. The number of β-amino-alcohol motifs (C(OH)–C–C–N with tert-alkyl or cyclic N) is 1. The van der Waals surface area contributed by atoms with E-state index in [1.54, 1.807) is 6.33 Å². The van der Waals surface area contributed by atoms with Gasteiger partial charge in [0.05, 0.1) is 6.10 Å². The van der Waals surface area contributed by atoms with Crippen LogP contribution in [0.25, 0.3) is 0 Å². The lowest BCUT2D eigenvalue weighted by Gasteiger charge is -2.29. The summed E-state index contributed by atoms with van der Waals surface area (Å²) in [5.41, 5.74) is 0.0409. The summed E-state index contributed by atoms with van der Waals surface area (Å²) in [6.07, 6.45) is 8.55. The molecule has 0 aromatic carbocycles. The van der Waals surface area contributed by atoms with Gasteiger partial charge in [-0.2, -0.15) is 0 Å². The Bertz CT molecular complexity index is 566. The van der Waals surface area contributed by atoms with Gasteiger partial charge in [-0.1, -0.05) is 12.2 Å². The molecule has 0 unspecified atom stereocenters. The number of nitrogens with zero attached hydrogens (tertiary/aromatic N) is 4. The summed E-state index contributed by atoms with van der Waals surface area (Å²) < 4.78 is 0.